The quantitative estimate of drug-likeness (QED) is 0.556. The number of carbonyl (C=O) groups excluding carboxylic acids is 2. The van der Waals surface area contributed by atoms with Gasteiger partial charge in [-0.3, -0.25) is 9.78 Å². The van der Waals surface area contributed by atoms with E-state index in [0.717, 1.165) is 5.39 Å². The van der Waals surface area contributed by atoms with Gasteiger partial charge in [0.05, 0.1) is 5.52 Å². The van der Waals surface area contributed by atoms with Gasteiger partial charge in [-0.15, -0.1) is 0 Å². The second kappa shape index (κ2) is 10.5. The highest BCUT2D eigenvalue weighted by Crippen LogP contribution is 2.22. The number of sulfonamides is 1. The van der Waals surface area contributed by atoms with Gasteiger partial charge in [0.15, 0.2) is 0 Å². The number of amides is 2. The molecule has 0 spiro atoms. The van der Waals surface area contributed by atoms with Crippen molar-refractivity contribution in [2.75, 3.05) is 26.2 Å². The van der Waals surface area contributed by atoms with Crippen LogP contribution in [0.1, 0.15) is 6.42 Å². The van der Waals surface area contributed by atoms with Crippen LogP contribution in [0.5, 0.6) is 5.75 Å². The maximum absolute atomic E-state index is 13.1. The molecule has 2 aliphatic rings. The number of aromatic nitrogens is 1. The fourth-order valence-corrected chi connectivity index (χ4v) is 5.73. The molecule has 5 rings (SSSR count). The van der Waals surface area contributed by atoms with Gasteiger partial charge in [-0.2, -0.15) is 0 Å². The van der Waals surface area contributed by atoms with Crippen molar-refractivity contribution in [2.24, 2.45) is 0 Å². The zero-order chi connectivity index (χ0) is 25.8. The van der Waals surface area contributed by atoms with E-state index in [9.17, 15) is 18.0 Å². The number of piperazine rings is 1. The summed E-state index contributed by atoms with van der Waals surface area (Å²) in [5, 5.41) is 0.741. The van der Waals surface area contributed by atoms with Crippen LogP contribution in [0, 0.1) is 0 Å². The van der Waals surface area contributed by atoms with Crippen molar-refractivity contribution in [3.05, 3.63) is 90.7 Å². The van der Waals surface area contributed by atoms with Gasteiger partial charge < -0.3 is 14.5 Å². The van der Waals surface area contributed by atoms with Crippen LogP contribution in [0.4, 0.5) is 4.79 Å². The molecule has 2 heterocycles. The standard InChI is InChI=1S/C27H26N4O5S/c32-26(30-16-18-31(19-17-30)27(33)36-23-8-2-1-3-9-23)21-11-13-22(14-12-21)29-37(34,35)24-10-4-6-20-7-5-15-28-25(20)24/h1-13,15,22,29H,14,16-19H2. The molecule has 1 aliphatic heterocycles. The van der Waals surface area contributed by atoms with Gasteiger partial charge >= 0.3 is 6.09 Å². The molecular weight excluding hydrogens is 492 g/mol. The predicted molar refractivity (Wildman–Crippen MR) is 138 cm³/mol. The lowest BCUT2D eigenvalue weighted by molar-refractivity contribution is -0.128. The summed E-state index contributed by atoms with van der Waals surface area (Å²) in [6.45, 7) is 1.52. The van der Waals surface area contributed by atoms with Crippen LogP contribution in [-0.4, -0.2) is 67.4 Å². The van der Waals surface area contributed by atoms with Crippen LogP contribution < -0.4 is 9.46 Å². The molecule has 1 fully saturated rings. The Labute approximate surface area is 215 Å². The van der Waals surface area contributed by atoms with Gasteiger partial charge in [0.1, 0.15) is 10.6 Å². The third-order valence-corrected chi connectivity index (χ3v) is 7.83. The number of carbonyl (C=O) groups is 2. The second-order valence-corrected chi connectivity index (χ2v) is 10.5. The molecule has 1 atom stereocenters. The molecule has 2 aromatic carbocycles. The van der Waals surface area contributed by atoms with Crippen molar-refractivity contribution in [2.45, 2.75) is 17.4 Å². The van der Waals surface area contributed by atoms with E-state index in [-0.39, 0.29) is 10.8 Å². The number of ether oxygens (including phenoxy) is 1. The molecule has 0 radical (unpaired) electrons. The normalized spacial score (nSPS) is 17.9. The Morgan fingerprint density at radius 2 is 1.65 bits per heavy atom. The summed E-state index contributed by atoms with van der Waals surface area (Å²) in [5.74, 6) is 0.331. The minimum atomic E-state index is -3.82. The summed E-state index contributed by atoms with van der Waals surface area (Å²) >= 11 is 0. The zero-order valence-electron chi connectivity index (χ0n) is 20.0. The van der Waals surface area contributed by atoms with Crippen LogP contribution in [0.25, 0.3) is 10.9 Å². The van der Waals surface area contributed by atoms with Gasteiger partial charge in [-0.25, -0.2) is 17.9 Å². The Morgan fingerprint density at radius 3 is 2.38 bits per heavy atom. The van der Waals surface area contributed by atoms with Crippen LogP contribution in [-0.2, 0) is 14.8 Å². The van der Waals surface area contributed by atoms with Gasteiger partial charge in [-0.05, 0) is 30.7 Å². The number of hydrogen-bond donors (Lipinski definition) is 1. The van der Waals surface area contributed by atoms with Crippen molar-refractivity contribution >= 4 is 32.9 Å². The Kier molecular flexibility index (Phi) is 7.02. The molecule has 2 amide bonds. The minimum Gasteiger partial charge on any atom is -0.410 e. The van der Waals surface area contributed by atoms with E-state index in [1.165, 1.54) is 6.07 Å². The molecule has 9 nitrogen and oxygen atoms in total. The summed E-state index contributed by atoms with van der Waals surface area (Å²) in [6.07, 6.45) is 6.55. The number of rotatable bonds is 5. The smallest absolute Gasteiger partial charge is 0.410 e. The fraction of sp³-hybridized carbons (Fsp3) is 0.222. The lowest BCUT2D eigenvalue weighted by atomic mass is 10.0. The highest BCUT2D eigenvalue weighted by atomic mass is 32.2. The molecular formula is C27H26N4O5S. The van der Waals surface area contributed by atoms with Crippen molar-refractivity contribution in [3.8, 4) is 5.75 Å². The molecule has 0 saturated carbocycles. The Hall–Kier alpha value is -4.02. The van der Waals surface area contributed by atoms with E-state index in [2.05, 4.69) is 9.71 Å². The summed E-state index contributed by atoms with van der Waals surface area (Å²) in [4.78, 5) is 33.0. The van der Waals surface area contributed by atoms with Gasteiger partial charge in [0, 0.05) is 49.4 Å². The maximum atomic E-state index is 13.1. The van der Waals surface area contributed by atoms with Crippen molar-refractivity contribution in [1.29, 1.82) is 0 Å². The highest BCUT2D eigenvalue weighted by molar-refractivity contribution is 7.89. The SMILES string of the molecule is O=C(Oc1ccccc1)N1CCN(C(=O)C2=CCC(NS(=O)(=O)c3cccc4cccnc34)C=C2)CC1. The first kappa shape index (κ1) is 24.7. The minimum absolute atomic E-state index is 0.119. The van der Waals surface area contributed by atoms with E-state index in [1.54, 1.807) is 70.6 Å². The first-order valence-electron chi connectivity index (χ1n) is 12.0. The summed E-state index contributed by atoms with van der Waals surface area (Å²) in [6, 6.07) is 17.0. The summed E-state index contributed by atoms with van der Waals surface area (Å²) in [7, 11) is -3.82. The molecule has 3 aromatic rings. The highest BCUT2D eigenvalue weighted by Gasteiger charge is 2.28. The molecule has 10 heteroatoms. The van der Waals surface area contributed by atoms with Gasteiger partial charge in [-0.1, -0.05) is 54.6 Å². The van der Waals surface area contributed by atoms with Crippen LogP contribution in [0.2, 0.25) is 0 Å². The molecule has 1 aromatic heterocycles. The van der Waals surface area contributed by atoms with E-state index in [1.807, 2.05) is 18.2 Å². The van der Waals surface area contributed by atoms with Gasteiger partial charge in [0.25, 0.3) is 5.91 Å². The zero-order valence-corrected chi connectivity index (χ0v) is 20.8. The van der Waals surface area contributed by atoms with E-state index >= 15 is 0 Å². The molecule has 1 N–H and O–H groups in total. The summed E-state index contributed by atoms with van der Waals surface area (Å²) < 4.78 is 34.2. The molecule has 190 valence electrons. The van der Waals surface area contributed by atoms with Crippen LogP contribution >= 0.6 is 0 Å². The number of nitrogens with one attached hydrogen (secondary N) is 1. The van der Waals surface area contributed by atoms with Crippen molar-refractivity contribution in [3.63, 3.8) is 0 Å². The third kappa shape index (κ3) is 5.55. The Morgan fingerprint density at radius 1 is 0.919 bits per heavy atom. The Balaban J connectivity index is 1.16. The number of para-hydroxylation sites is 2. The fourth-order valence-electron chi connectivity index (χ4n) is 4.35. The van der Waals surface area contributed by atoms with Crippen molar-refractivity contribution in [1.82, 2.24) is 19.5 Å². The molecule has 1 saturated heterocycles. The first-order chi connectivity index (χ1) is 17.9. The molecule has 1 aliphatic carbocycles. The predicted octanol–water partition coefficient (Wildman–Crippen LogP) is 3.11. The largest absolute Gasteiger partial charge is 0.415 e. The van der Waals surface area contributed by atoms with Crippen LogP contribution in [0.3, 0.4) is 0 Å². The topological polar surface area (TPSA) is 109 Å². The molecule has 37 heavy (non-hydrogen) atoms. The number of pyridine rings is 1. The van der Waals surface area contributed by atoms with Crippen molar-refractivity contribution < 1.29 is 22.7 Å². The lowest BCUT2D eigenvalue weighted by Gasteiger charge is -2.34. The number of fused-ring (bicyclic) bond motifs is 1. The van der Waals surface area contributed by atoms with Gasteiger partial charge in [0.2, 0.25) is 10.0 Å². The molecule has 1 unspecified atom stereocenters. The van der Waals surface area contributed by atoms with E-state index < -0.39 is 22.2 Å². The van der Waals surface area contributed by atoms with E-state index in [0.29, 0.717) is 49.4 Å². The monoisotopic (exact) mass is 518 g/mol. The second-order valence-electron chi connectivity index (χ2n) is 8.77. The first-order valence-corrected chi connectivity index (χ1v) is 13.4. The third-order valence-electron chi connectivity index (χ3n) is 6.31. The number of nitrogens with zero attached hydrogens (tertiary/aromatic N) is 3. The maximum Gasteiger partial charge on any atom is 0.415 e. The average Bonchev–Trinajstić information content (AvgIpc) is 2.93. The van der Waals surface area contributed by atoms with Crippen LogP contribution in [0.15, 0.2) is 95.6 Å². The lowest BCUT2D eigenvalue weighted by Crippen LogP contribution is -2.51. The summed E-state index contributed by atoms with van der Waals surface area (Å²) in [5.41, 5.74) is 0.915. The average molecular weight is 519 g/mol. The van der Waals surface area contributed by atoms with E-state index in [4.69, 9.17) is 4.74 Å². The molecule has 0 bridgehead atoms. The number of hydrogen-bond acceptors (Lipinski definition) is 6. The number of benzene rings is 2. The Bertz CT molecular complexity index is 1470.